The highest BCUT2D eigenvalue weighted by Crippen LogP contribution is 2.22. The Bertz CT molecular complexity index is 265. The van der Waals surface area contributed by atoms with Gasteiger partial charge in [-0.3, -0.25) is 5.84 Å². The summed E-state index contributed by atoms with van der Waals surface area (Å²) in [5.74, 6) is 6.16. The number of nitrogens with two attached hydrogens (primary N) is 1. The minimum atomic E-state index is -0.00218. The third kappa shape index (κ3) is 3.31. The summed E-state index contributed by atoms with van der Waals surface area (Å²) in [7, 11) is 1.68. The zero-order chi connectivity index (χ0) is 10.4. The third-order valence-electron chi connectivity index (χ3n) is 1.98. The molecule has 1 atom stereocenters. The normalized spacial score (nSPS) is 13.1. The van der Waals surface area contributed by atoms with Gasteiger partial charge in [0.1, 0.15) is 5.76 Å². The van der Waals surface area contributed by atoms with Gasteiger partial charge in [0, 0.05) is 13.7 Å². The van der Waals surface area contributed by atoms with Gasteiger partial charge < -0.3 is 9.15 Å². The van der Waals surface area contributed by atoms with Crippen LogP contribution >= 0.6 is 11.6 Å². The average molecular weight is 219 g/mol. The Morgan fingerprint density at radius 1 is 1.64 bits per heavy atom. The van der Waals surface area contributed by atoms with E-state index in [2.05, 4.69) is 5.43 Å². The molecule has 5 heteroatoms. The molecule has 4 nitrogen and oxygen atoms in total. The van der Waals surface area contributed by atoms with Crippen molar-refractivity contribution in [1.29, 1.82) is 0 Å². The Labute approximate surface area is 88.3 Å². The standard InChI is InChI=1S/C9H15ClN2O2/c1-13-6-2-3-7(12-11)8-4-5-9(10)14-8/h4-5,7,12H,2-3,6,11H2,1H3. The molecule has 3 N–H and O–H groups in total. The monoisotopic (exact) mass is 218 g/mol. The van der Waals surface area contributed by atoms with Gasteiger partial charge in [-0.2, -0.15) is 0 Å². The van der Waals surface area contributed by atoms with Gasteiger partial charge >= 0.3 is 0 Å². The predicted molar refractivity (Wildman–Crippen MR) is 54.9 cm³/mol. The van der Waals surface area contributed by atoms with Crippen LogP contribution in [0, 0.1) is 0 Å². The van der Waals surface area contributed by atoms with E-state index in [1.807, 2.05) is 6.07 Å². The molecule has 0 amide bonds. The Morgan fingerprint density at radius 3 is 2.93 bits per heavy atom. The van der Waals surface area contributed by atoms with Crippen LogP contribution in [0.25, 0.3) is 0 Å². The van der Waals surface area contributed by atoms with Gasteiger partial charge in [-0.15, -0.1) is 0 Å². The molecular formula is C9H15ClN2O2. The second-order valence-electron chi connectivity index (χ2n) is 3.00. The van der Waals surface area contributed by atoms with E-state index in [1.165, 1.54) is 0 Å². The maximum absolute atomic E-state index is 5.66. The van der Waals surface area contributed by atoms with E-state index in [1.54, 1.807) is 13.2 Å². The molecule has 0 radical (unpaired) electrons. The van der Waals surface area contributed by atoms with Crippen molar-refractivity contribution in [1.82, 2.24) is 5.43 Å². The first-order chi connectivity index (χ1) is 6.77. The number of methoxy groups -OCH3 is 1. The van der Waals surface area contributed by atoms with Crippen LogP contribution in [-0.4, -0.2) is 13.7 Å². The smallest absolute Gasteiger partial charge is 0.193 e. The molecule has 1 aromatic rings. The van der Waals surface area contributed by atoms with Crippen molar-refractivity contribution in [2.45, 2.75) is 18.9 Å². The highest BCUT2D eigenvalue weighted by Gasteiger charge is 2.12. The zero-order valence-corrected chi connectivity index (χ0v) is 8.88. The second kappa shape index (κ2) is 6.03. The fraction of sp³-hybridized carbons (Fsp3) is 0.556. The van der Waals surface area contributed by atoms with Crippen LogP contribution in [-0.2, 0) is 4.74 Å². The molecule has 1 aromatic heterocycles. The molecule has 0 fully saturated rings. The largest absolute Gasteiger partial charge is 0.448 e. The quantitative estimate of drug-likeness (QED) is 0.435. The van der Waals surface area contributed by atoms with Crippen LogP contribution in [0.2, 0.25) is 5.22 Å². The highest BCUT2D eigenvalue weighted by atomic mass is 35.5. The van der Waals surface area contributed by atoms with Crippen LogP contribution in [0.5, 0.6) is 0 Å². The summed E-state index contributed by atoms with van der Waals surface area (Å²) in [6.45, 7) is 0.715. The first kappa shape index (κ1) is 11.5. The molecule has 14 heavy (non-hydrogen) atoms. The maximum atomic E-state index is 5.66. The molecule has 80 valence electrons. The SMILES string of the molecule is COCCCC(NN)c1ccc(Cl)o1. The van der Waals surface area contributed by atoms with E-state index in [0.29, 0.717) is 11.8 Å². The Kier molecular flexibility index (Phi) is 4.97. The lowest BCUT2D eigenvalue weighted by Gasteiger charge is -2.12. The number of hydrogen-bond acceptors (Lipinski definition) is 4. The van der Waals surface area contributed by atoms with Crippen LogP contribution < -0.4 is 11.3 Å². The number of nitrogens with one attached hydrogen (secondary N) is 1. The Balaban J connectivity index is 2.45. The van der Waals surface area contributed by atoms with Crippen molar-refractivity contribution in [3.05, 3.63) is 23.1 Å². The van der Waals surface area contributed by atoms with E-state index < -0.39 is 0 Å². The molecule has 0 saturated carbocycles. The van der Waals surface area contributed by atoms with E-state index in [-0.39, 0.29) is 6.04 Å². The molecule has 0 aliphatic heterocycles. The Hall–Kier alpha value is -0.550. The van der Waals surface area contributed by atoms with Crippen LogP contribution in [0.1, 0.15) is 24.6 Å². The summed E-state index contributed by atoms with van der Waals surface area (Å²) >= 11 is 5.66. The van der Waals surface area contributed by atoms with Crippen molar-refractivity contribution < 1.29 is 9.15 Å². The van der Waals surface area contributed by atoms with E-state index in [4.69, 9.17) is 26.6 Å². The number of furan rings is 1. The molecule has 0 aromatic carbocycles. The van der Waals surface area contributed by atoms with Crippen LogP contribution in [0.15, 0.2) is 16.5 Å². The molecule has 0 saturated heterocycles. The minimum Gasteiger partial charge on any atom is -0.448 e. The molecule has 1 heterocycles. The minimum absolute atomic E-state index is 0.00218. The summed E-state index contributed by atoms with van der Waals surface area (Å²) < 4.78 is 10.2. The van der Waals surface area contributed by atoms with Crippen LogP contribution in [0.3, 0.4) is 0 Å². The van der Waals surface area contributed by atoms with Gasteiger partial charge in [-0.1, -0.05) is 0 Å². The zero-order valence-electron chi connectivity index (χ0n) is 8.13. The lowest BCUT2D eigenvalue weighted by Crippen LogP contribution is -2.27. The summed E-state index contributed by atoms with van der Waals surface area (Å²) in [5.41, 5.74) is 2.68. The average Bonchev–Trinajstić information content (AvgIpc) is 2.60. The van der Waals surface area contributed by atoms with Crippen molar-refractivity contribution in [3.63, 3.8) is 0 Å². The van der Waals surface area contributed by atoms with Crippen molar-refractivity contribution in [2.75, 3.05) is 13.7 Å². The molecule has 0 bridgehead atoms. The Morgan fingerprint density at radius 2 is 2.43 bits per heavy atom. The summed E-state index contributed by atoms with van der Waals surface area (Å²) in [6.07, 6.45) is 1.78. The fourth-order valence-corrected chi connectivity index (χ4v) is 1.41. The summed E-state index contributed by atoms with van der Waals surface area (Å²) in [5, 5.41) is 0.381. The van der Waals surface area contributed by atoms with Crippen molar-refractivity contribution in [2.24, 2.45) is 5.84 Å². The molecular weight excluding hydrogens is 204 g/mol. The lowest BCUT2D eigenvalue weighted by atomic mass is 10.1. The number of halogens is 1. The molecule has 1 rings (SSSR count). The highest BCUT2D eigenvalue weighted by molar-refractivity contribution is 6.28. The third-order valence-corrected chi connectivity index (χ3v) is 2.18. The van der Waals surface area contributed by atoms with E-state index in [9.17, 15) is 0 Å². The number of hydrazine groups is 1. The van der Waals surface area contributed by atoms with Gasteiger partial charge in [0.15, 0.2) is 5.22 Å². The molecule has 0 aliphatic rings. The molecule has 0 aliphatic carbocycles. The van der Waals surface area contributed by atoms with Gasteiger partial charge in [-0.05, 0) is 36.6 Å². The summed E-state index contributed by atoms with van der Waals surface area (Å²) in [4.78, 5) is 0. The van der Waals surface area contributed by atoms with Crippen molar-refractivity contribution >= 4 is 11.6 Å². The van der Waals surface area contributed by atoms with Crippen LogP contribution in [0.4, 0.5) is 0 Å². The second-order valence-corrected chi connectivity index (χ2v) is 3.37. The van der Waals surface area contributed by atoms with Crippen molar-refractivity contribution in [3.8, 4) is 0 Å². The van der Waals surface area contributed by atoms with E-state index >= 15 is 0 Å². The maximum Gasteiger partial charge on any atom is 0.193 e. The van der Waals surface area contributed by atoms with Gasteiger partial charge in [0.25, 0.3) is 0 Å². The summed E-state index contributed by atoms with van der Waals surface area (Å²) in [6, 6.07) is 3.52. The topological polar surface area (TPSA) is 60.4 Å². The first-order valence-electron chi connectivity index (χ1n) is 4.48. The van der Waals surface area contributed by atoms with Gasteiger partial charge in [-0.25, -0.2) is 5.43 Å². The fourth-order valence-electron chi connectivity index (χ4n) is 1.26. The van der Waals surface area contributed by atoms with E-state index in [0.717, 1.165) is 18.6 Å². The molecule has 1 unspecified atom stereocenters. The van der Waals surface area contributed by atoms with Gasteiger partial charge in [0.05, 0.1) is 6.04 Å². The first-order valence-corrected chi connectivity index (χ1v) is 4.86. The predicted octanol–water partition coefficient (Wildman–Crippen LogP) is 1.86. The number of ether oxygens (including phenoxy) is 1. The number of hydrogen-bond donors (Lipinski definition) is 2. The molecule has 0 spiro atoms. The van der Waals surface area contributed by atoms with Gasteiger partial charge in [0.2, 0.25) is 0 Å². The number of rotatable bonds is 6. The lowest BCUT2D eigenvalue weighted by molar-refractivity contribution is 0.187.